The number of nitrogens with zero attached hydrogens (tertiary/aromatic N) is 3. The van der Waals surface area contributed by atoms with Gasteiger partial charge in [0.05, 0.1) is 16.8 Å². The zero-order chi connectivity index (χ0) is 26.3. The Labute approximate surface area is 211 Å². The minimum absolute atomic E-state index is 0.00115. The van der Waals surface area contributed by atoms with Crippen molar-refractivity contribution < 1.29 is 22.4 Å². The van der Waals surface area contributed by atoms with Crippen LogP contribution in [-0.2, 0) is 12.7 Å². The van der Waals surface area contributed by atoms with Crippen LogP contribution in [0.15, 0.2) is 48.5 Å². The number of aryl methyl sites for hydroxylation is 1. The van der Waals surface area contributed by atoms with E-state index in [0.29, 0.717) is 45.9 Å². The van der Waals surface area contributed by atoms with Crippen molar-refractivity contribution in [1.29, 1.82) is 0 Å². The number of aldehydes is 1. The van der Waals surface area contributed by atoms with E-state index in [9.17, 15) is 18.0 Å². The van der Waals surface area contributed by atoms with E-state index in [2.05, 4.69) is 22.2 Å². The van der Waals surface area contributed by atoms with E-state index in [1.807, 2.05) is 6.92 Å². The van der Waals surface area contributed by atoms with Crippen molar-refractivity contribution in [2.24, 2.45) is 5.92 Å². The van der Waals surface area contributed by atoms with Gasteiger partial charge in [-0.3, -0.25) is 4.79 Å². The van der Waals surface area contributed by atoms with E-state index >= 15 is 4.39 Å². The SMILES string of the molecule is Cc1ccc(F)c(-c2cc3nc(C=O)nc(NC(C)C4CCC4)c3n2Cc2ccc(C(F)(F)F)cc2)c1. The Morgan fingerprint density at radius 3 is 2.46 bits per heavy atom. The van der Waals surface area contributed by atoms with Crippen LogP contribution in [0.4, 0.5) is 23.4 Å². The second kappa shape index (κ2) is 9.61. The molecule has 9 heteroatoms. The zero-order valence-corrected chi connectivity index (χ0v) is 20.4. The number of alkyl halides is 3. The van der Waals surface area contributed by atoms with Crippen molar-refractivity contribution in [3.63, 3.8) is 0 Å². The Hall–Kier alpha value is -3.75. The monoisotopic (exact) mass is 510 g/mol. The summed E-state index contributed by atoms with van der Waals surface area (Å²) in [7, 11) is 0. The first-order chi connectivity index (χ1) is 17.6. The fourth-order valence-electron chi connectivity index (χ4n) is 4.82. The summed E-state index contributed by atoms with van der Waals surface area (Å²) in [5.74, 6) is 0.469. The Bertz CT molecular complexity index is 1460. The molecular weight excluding hydrogens is 484 g/mol. The van der Waals surface area contributed by atoms with Gasteiger partial charge >= 0.3 is 6.18 Å². The maximum atomic E-state index is 15.1. The third-order valence-corrected chi connectivity index (χ3v) is 7.11. The van der Waals surface area contributed by atoms with E-state index in [0.717, 1.165) is 37.0 Å². The normalized spacial score (nSPS) is 15.0. The molecule has 37 heavy (non-hydrogen) atoms. The highest BCUT2D eigenvalue weighted by atomic mass is 19.4. The quantitative estimate of drug-likeness (QED) is 0.214. The van der Waals surface area contributed by atoms with Crippen molar-refractivity contribution in [3.8, 4) is 11.3 Å². The summed E-state index contributed by atoms with van der Waals surface area (Å²) < 4.78 is 56.2. The van der Waals surface area contributed by atoms with Crippen LogP contribution in [0.5, 0.6) is 0 Å². The molecule has 0 bridgehead atoms. The maximum absolute atomic E-state index is 15.1. The van der Waals surface area contributed by atoms with Crippen LogP contribution in [0.3, 0.4) is 0 Å². The predicted molar refractivity (Wildman–Crippen MR) is 134 cm³/mol. The molecule has 1 N–H and O–H groups in total. The molecule has 2 aromatic heterocycles. The fourth-order valence-corrected chi connectivity index (χ4v) is 4.82. The van der Waals surface area contributed by atoms with Crippen LogP contribution in [0.1, 0.15) is 53.5 Å². The summed E-state index contributed by atoms with van der Waals surface area (Å²) in [5.41, 5.74) is 2.53. The molecule has 4 aromatic rings. The molecule has 1 fully saturated rings. The maximum Gasteiger partial charge on any atom is 0.416 e. The predicted octanol–water partition coefficient (Wildman–Crippen LogP) is 7.03. The summed E-state index contributed by atoms with van der Waals surface area (Å²) in [6.45, 7) is 4.06. The number of carbonyl (C=O) groups is 1. The fraction of sp³-hybridized carbons (Fsp3) is 0.321. The molecule has 0 spiro atoms. The number of anilines is 1. The molecule has 5 nitrogen and oxygen atoms in total. The molecule has 0 aliphatic heterocycles. The van der Waals surface area contributed by atoms with E-state index in [-0.39, 0.29) is 18.4 Å². The topological polar surface area (TPSA) is 59.8 Å². The van der Waals surface area contributed by atoms with E-state index in [4.69, 9.17) is 0 Å². The summed E-state index contributed by atoms with van der Waals surface area (Å²) in [6.07, 6.45) is -0.526. The van der Waals surface area contributed by atoms with Gasteiger partial charge in [0.1, 0.15) is 11.3 Å². The van der Waals surface area contributed by atoms with Gasteiger partial charge in [-0.1, -0.05) is 30.2 Å². The lowest BCUT2D eigenvalue weighted by Gasteiger charge is -2.32. The molecule has 192 valence electrons. The molecule has 1 unspecified atom stereocenters. The number of nitrogens with one attached hydrogen (secondary N) is 1. The van der Waals surface area contributed by atoms with Gasteiger partial charge in [-0.15, -0.1) is 0 Å². The van der Waals surface area contributed by atoms with Crippen molar-refractivity contribution in [3.05, 3.63) is 76.9 Å². The molecular formula is C28H26F4N4O. The molecule has 2 heterocycles. The molecule has 0 saturated heterocycles. The van der Waals surface area contributed by atoms with E-state index in [1.165, 1.54) is 18.2 Å². The van der Waals surface area contributed by atoms with Gasteiger partial charge in [-0.25, -0.2) is 14.4 Å². The number of hydrogen-bond acceptors (Lipinski definition) is 4. The van der Waals surface area contributed by atoms with E-state index in [1.54, 1.807) is 22.8 Å². The lowest BCUT2D eigenvalue weighted by atomic mass is 9.80. The average Bonchev–Trinajstić information content (AvgIpc) is 3.17. The minimum atomic E-state index is -4.44. The standard InChI is InChI=1S/C28H26F4N4O/c1-16-6-11-22(29)21(12-16)24-13-23-26(36(24)14-18-7-9-20(10-8-18)28(30,31)32)27(35-25(15-37)34-23)33-17(2)19-4-3-5-19/h6-13,15,17,19H,3-5,14H2,1-2H3,(H,33,34,35). The number of halogens is 4. The zero-order valence-electron chi connectivity index (χ0n) is 20.4. The third-order valence-electron chi connectivity index (χ3n) is 7.11. The number of fused-ring (bicyclic) bond motifs is 1. The molecule has 1 atom stereocenters. The smallest absolute Gasteiger partial charge is 0.365 e. The molecule has 1 saturated carbocycles. The second-order valence-corrected chi connectivity index (χ2v) is 9.70. The van der Waals surface area contributed by atoms with Crippen molar-refractivity contribution in [2.45, 2.75) is 51.9 Å². The minimum Gasteiger partial charge on any atom is -0.365 e. The van der Waals surface area contributed by atoms with Crippen molar-refractivity contribution in [2.75, 3.05) is 5.32 Å². The number of benzene rings is 2. The second-order valence-electron chi connectivity index (χ2n) is 9.70. The Balaban J connectivity index is 1.69. The summed E-state index contributed by atoms with van der Waals surface area (Å²) in [5, 5.41) is 3.43. The first kappa shape index (κ1) is 24.9. The highest BCUT2D eigenvalue weighted by Crippen LogP contribution is 2.36. The van der Waals surface area contributed by atoms with Gasteiger partial charge < -0.3 is 9.88 Å². The lowest BCUT2D eigenvalue weighted by molar-refractivity contribution is -0.137. The highest BCUT2D eigenvalue weighted by molar-refractivity contribution is 5.93. The van der Waals surface area contributed by atoms with Crippen LogP contribution in [0.2, 0.25) is 0 Å². The van der Waals surface area contributed by atoms with Crippen LogP contribution in [-0.4, -0.2) is 26.9 Å². The summed E-state index contributed by atoms with van der Waals surface area (Å²) in [4.78, 5) is 20.5. The number of rotatable bonds is 7. The van der Waals surface area contributed by atoms with Crippen LogP contribution in [0, 0.1) is 18.7 Å². The van der Waals surface area contributed by atoms with Gasteiger partial charge in [0.15, 0.2) is 17.9 Å². The Kier molecular flexibility index (Phi) is 6.47. The number of hydrogen-bond donors (Lipinski definition) is 1. The van der Waals surface area contributed by atoms with Gasteiger partial charge in [-0.2, -0.15) is 13.2 Å². The molecule has 1 aliphatic carbocycles. The largest absolute Gasteiger partial charge is 0.416 e. The Morgan fingerprint density at radius 2 is 1.84 bits per heavy atom. The first-order valence-electron chi connectivity index (χ1n) is 12.2. The molecule has 5 rings (SSSR count). The average molecular weight is 511 g/mol. The van der Waals surface area contributed by atoms with Crippen molar-refractivity contribution >= 4 is 23.1 Å². The van der Waals surface area contributed by atoms with Crippen LogP contribution < -0.4 is 5.32 Å². The summed E-state index contributed by atoms with van der Waals surface area (Å²) in [6, 6.07) is 11.4. The highest BCUT2D eigenvalue weighted by Gasteiger charge is 2.30. The Morgan fingerprint density at radius 1 is 1.11 bits per heavy atom. The van der Waals surface area contributed by atoms with Crippen molar-refractivity contribution in [1.82, 2.24) is 14.5 Å². The van der Waals surface area contributed by atoms with Crippen LogP contribution in [0.25, 0.3) is 22.3 Å². The molecule has 1 aliphatic rings. The van der Waals surface area contributed by atoms with E-state index < -0.39 is 17.6 Å². The van der Waals surface area contributed by atoms with Gasteiger partial charge in [-0.05, 0) is 68.5 Å². The van der Waals surface area contributed by atoms with Gasteiger partial charge in [0, 0.05) is 18.2 Å². The molecule has 0 amide bonds. The summed E-state index contributed by atoms with van der Waals surface area (Å²) >= 11 is 0. The first-order valence-corrected chi connectivity index (χ1v) is 12.2. The lowest BCUT2D eigenvalue weighted by Crippen LogP contribution is -2.31. The number of aromatic nitrogens is 3. The number of carbonyl (C=O) groups excluding carboxylic acids is 1. The van der Waals surface area contributed by atoms with Gasteiger partial charge in [0.25, 0.3) is 0 Å². The molecule has 2 aromatic carbocycles. The van der Waals surface area contributed by atoms with Crippen LogP contribution >= 0.6 is 0 Å². The van der Waals surface area contributed by atoms with Gasteiger partial charge in [0.2, 0.25) is 0 Å². The molecule has 0 radical (unpaired) electrons. The third kappa shape index (κ3) is 4.95.